The van der Waals surface area contributed by atoms with Gasteiger partial charge in [0.1, 0.15) is 6.04 Å². The maximum Gasteiger partial charge on any atom is 0.244 e. The molecule has 0 spiro atoms. The molecule has 19 heavy (non-hydrogen) atoms. The summed E-state index contributed by atoms with van der Waals surface area (Å²) in [7, 11) is 0. The molecule has 5 nitrogen and oxygen atoms in total. The van der Waals surface area contributed by atoms with Gasteiger partial charge in [0.25, 0.3) is 0 Å². The summed E-state index contributed by atoms with van der Waals surface area (Å²) in [5.41, 5.74) is 0. The van der Waals surface area contributed by atoms with Crippen LogP contribution in [0.15, 0.2) is 0 Å². The van der Waals surface area contributed by atoms with Crippen LogP contribution < -0.4 is 10.6 Å². The minimum absolute atomic E-state index is 0.0288. The van der Waals surface area contributed by atoms with Crippen molar-refractivity contribution in [2.75, 3.05) is 26.2 Å². The first-order valence-electron chi connectivity index (χ1n) is 7.53. The number of nitrogens with one attached hydrogen (secondary N) is 2. The summed E-state index contributed by atoms with van der Waals surface area (Å²) >= 11 is 0. The maximum atomic E-state index is 12.6. The number of likely N-dealkylation sites (N-methyl/N-ethyl adjacent to an activating group) is 1. The Balaban J connectivity index is 2.01. The summed E-state index contributed by atoms with van der Waals surface area (Å²) in [5.74, 6) is 0.306. The molecule has 2 amide bonds. The molecule has 1 unspecified atom stereocenters. The third-order valence-electron chi connectivity index (χ3n) is 4.13. The highest BCUT2D eigenvalue weighted by molar-refractivity contribution is 5.89. The van der Waals surface area contributed by atoms with Gasteiger partial charge in [0, 0.05) is 32.1 Å². The Morgan fingerprint density at radius 2 is 2.00 bits per heavy atom. The first kappa shape index (κ1) is 14.3. The lowest BCUT2D eigenvalue weighted by Crippen LogP contribution is -2.60. The number of carbonyl (C=O) groups is 2. The van der Waals surface area contributed by atoms with Gasteiger partial charge in [0.05, 0.1) is 0 Å². The van der Waals surface area contributed by atoms with E-state index in [2.05, 4.69) is 10.6 Å². The molecule has 0 aromatic rings. The summed E-state index contributed by atoms with van der Waals surface area (Å²) in [5, 5.41) is 6.04. The van der Waals surface area contributed by atoms with Gasteiger partial charge in [0.15, 0.2) is 0 Å². The predicted molar refractivity (Wildman–Crippen MR) is 73.6 cm³/mol. The molecule has 0 radical (unpaired) electrons. The van der Waals surface area contributed by atoms with E-state index in [0.717, 1.165) is 32.2 Å². The Labute approximate surface area is 115 Å². The van der Waals surface area contributed by atoms with Crippen molar-refractivity contribution in [3.63, 3.8) is 0 Å². The van der Waals surface area contributed by atoms with E-state index in [-0.39, 0.29) is 23.8 Å². The molecule has 0 aromatic carbocycles. The van der Waals surface area contributed by atoms with E-state index in [9.17, 15) is 9.59 Å². The molecule has 2 rings (SSSR count). The Kier molecular flexibility index (Phi) is 5.19. The average molecular weight is 267 g/mol. The fraction of sp³-hybridized carbons (Fsp3) is 0.857. The molecule has 1 atom stereocenters. The Bertz CT molecular complexity index is 327. The largest absolute Gasteiger partial charge is 0.355 e. The summed E-state index contributed by atoms with van der Waals surface area (Å²) in [6.07, 6.45) is 5.52. The van der Waals surface area contributed by atoms with Gasteiger partial charge in [-0.3, -0.25) is 9.59 Å². The van der Waals surface area contributed by atoms with Gasteiger partial charge in [0.2, 0.25) is 11.8 Å². The van der Waals surface area contributed by atoms with Gasteiger partial charge in [-0.05, 0) is 19.8 Å². The van der Waals surface area contributed by atoms with Crippen LogP contribution in [0.1, 0.15) is 39.0 Å². The molecule has 108 valence electrons. The summed E-state index contributed by atoms with van der Waals surface area (Å²) in [6, 6.07) is -0.330. The van der Waals surface area contributed by atoms with Gasteiger partial charge < -0.3 is 15.5 Å². The van der Waals surface area contributed by atoms with E-state index >= 15 is 0 Å². The fourth-order valence-corrected chi connectivity index (χ4v) is 3.08. The molecular formula is C14H25N3O2. The first-order valence-corrected chi connectivity index (χ1v) is 7.53. The highest BCUT2D eigenvalue weighted by atomic mass is 16.2. The first-order chi connectivity index (χ1) is 9.24. The minimum atomic E-state index is -0.330. The fourth-order valence-electron chi connectivity index (χ4n) is 3.08. The van der Waals surface area contributed by atoms with E-state index in [0.29, 0.717) is 19.6 Å². The molecule has 1 aliphatic heterocycles. The summed E-state index contributed by atoms with van der Waals surface area (Å²) in [6.45, 7) is 4.53. The number of hydrogen-bond acceptors (Lipinski definition) is 3. The van der Waals surface area contributed by atoms with Crippen LogP contribution in [0.2, 0.25) is 0 Å². The molecule has 1 aliphatic carbocycles. The van der Waals surface area contributed by atoms with Crippen molar-refractivity contribution in [3.8, 4) is 0 Å². The maximum absolute atomic E-state index is 12.6. The molecule has 1 saturated heterocycles. The van der Waals surface area contributed by atoms with Gasteiger partial charge in [-0.2, -0.15) is 0 Å². The monoisotopic (exact) mass is 267 g/mol. The quantitative estimate of drug-likeness (QED) is 0.783. The van der Waals surface area contributed by atoms with E-state index in [1.165, 1.54) is 6.42 Å². The molecule has 0 aromatic heterocycles. The summed E-state index contributed by atoms with van der Waals surface area (Å²) in [4.78, 5) is 26.4. The second kappa shape index (κ2) is 6.89. The van der Waals surface area contributed by atoms with Crippen LogP contribution in [0.5, 0.6) is 0 Å². The lowest BCUT2D eigenvalue weighted by atomic mass is 9.87. The van der Waals surface area contributed by atoms with Gasteiger partial charge in [-0.15, -0.1) is 0 Å². The zero-order valence-electron chi connectivity index (χ0n) is 11.8. The highest BCUT2D eigenvalue weighted by Gasteiger charge is 2.35. The number of hydrogen-bond donors (Lipinski definition) is 2. The van der Waals surface area contributed by atoms with Crippen LogP contribution in [-0.4, -0.2) is 48.9 Å². The molecule has 2 fully saturated rings. The average Bonchev–Trinajstić information content (AvgIpc) is 2.47. The van der Waals surface area contributed by atoms with Crippen molar-refractivity contribution >= 4 is 11.8 Å². The Morgan fingerprint density at radius 1 is 1.26 bits per heavy atom. The summed E-state index contributed by atoms with van der Waals surface area (Å²) < 4.78 is 0. The van der Waals surface area contributed by atoms with Gasteiger partial charge >= 0.3 is 0 Å². The van der Waals surface area contributed by atoms with Crippen LogP contribution in [0.25, 0.3) is 0 Å². The smallest absolute Gasteiger partial charge is 0.244 e. The SMILES string of the molecule is CCNC(=O)C1CNCCN1C(=O)C1CCCCC1. The predicted octanol–water partition coefficient (Wildman–Crippen LogP) is 0.503. The molecule has 2 N–H and O–H groups in total. The number of rotatable bonds is 3. The number of piperazine rings is 1. The van der Waals surface area contributed by atoms with Crippen molar-refractivity contribution in [2.24, 2.45) is 5.92 Å². The highest BCUT2D eigenvalue weighted by Crippen LogP contribution is 2.26. The molecule has 1 heterocycles. The molecule has 5 heteroatoms. The van der Waals surface area contributed by atoms with E-state index in [1.807, 2.05) is 6.92 Å². The van der Waals surface area contributed by atoms with Gasteiger partial charge in [-0.25, -0.2) is 0 Å². The molecule has 1 saturated carbocycles. The zero-order valence-corrected chi connectivity index (χ0v) is 11.8. The van der Waals surface area contributed by atoms with Crippen LogP contribution in [0.3, 0.4) is 0 Å². The zero-order chi connectivity index (χ0) is 13.7. The van der Waals surface area contributed by atoms with Crippen molar-refractivity contribution in [1.82, 2.24) is 15.5 Å². The van der Waals surface area contributed by atoms with Crippen molar-refractivity contribution < 1.29 is 9.59 Å². The van der Waals surface area contributed by atoms with E-state index < -0.39 is 0 Å². The normalized spacial score (nSPS) is 25.1. The second-order valence-corrected chi connectivity index (χ2v) is 5.48. The van der Waals surface area contributed by atoms with Crippen LogP contribution >= 0.6 is 0 Å². The van der Waals surface area contributed by atoms with Crippen molar-refractivity contribution in [2.45, 2.75) is 45.1 Å². The lowest BCUT2D eigenvalue weighted by molar-refractivity contribution is -0.145. The number of amides is 2. The third kappa shape index (κ3) is 3.47. The van der Waals surface area contributed by atoms with Crippen molar-refractivity contribution in [3.05, 3.63) is 0 Å². The Hall–Kier alpha value is -1.10. The van der Waals surface area contributed by atoms with E-state index in [1.54, 1.807) is 4.90 Å². The van der Waals surface area contributed by atoms with Crippen LogP contribution in [0, 0.1) is 5.92 Å². The standard InChI is InChI=1S/C14H25N3O2/c1-2-16-13(18)12-10-15-8-9-17(12)14(19)11-6-4-3-5-7-11/h11-12,15H,2-10H2,1H3,(H,16,18). The molecule has 2 aliphatic rings. The minimum Gasteiger partial charge on any atom is -0.355 e. The lowest BCUT2D eigenvalue weighted by Gasteiger charge is -2.38. The van der Waals surface area contributed by atoms with Gasteiger partial charge in [-0.1, -0.05) is 19.3 Å². The third-order valence-corrected chi connectivity index (χ3v) is 4.13. The van der Waals surface area contributed by atoms with Crippen molar-refractivity contribution in [1.29, 1.82) is 0 Å². The molecular weight excluding hydrogens is 242 g/mol. The van der Waals surface area contributed by atoms with Crippen LogP contribution in [-0.2, 0) is 9.59 Å². The second-order valence-electron chi connectivity index (χ2n) is 5.48. The van der Waals surface area contributed by atoms with E-state index in [4.69, 9.17) is 0 Å². The number of nitrogens with zero attached hydrogens (tertiary/aromatic N) is 1. The number of carbonyl (C=O) groups excluding carboxylic acids is 2. The molecule has 0 bridgehead atoms. The van der Waals surface area contributed by atoms with Crippen LogP contribution in [0.4, 0.5) is 0 Å². The topological polar surface area (TPSA) is 61.4 Å². The Morgan fingerprint density at radius 3 is 2.68 bits per heavy atom.